The molecule has 8 nitrogen and oxygen atoms in total. The molecular formula is C25H25N3O5S. The second-order valence-corrected chi connectivity index (χ2v) is 9.82. The van der Waals surface area contributed by atoms with Crippen LogP contribution < -0.4 is 15.4 Å². The van der Waals surface area contributed by atoms with E-state index in [1.807, 2.05) is 30.3 Å². The molecule has 34 heavy (non-hydrogen) atoms. The summed E-state index contributed by atoms with van der Waals surface area (Å²) in [7, 11) is -3.81. The molecule has 0 unspecified atom stereocenters. The molecule has 3 aromatic rings. The number of sulfonamides is 1. The molecule has 1 heterocycles. The fourth-order valence-electron chi connectivity index (χ4n) is 3.66. The van der Waals surface area contributed by atoms with E-state index in [-0.39, 0.29) is 36.4 Å². The number of nitrogens with one attached hydrogen (secondary N) is 2. The first-order valence-electron chi connectivity index (χ1n) is 10.8. The molecule has 0 atom stereocenters. The fraction of sp³-hybridized carbons (Fsp3) is 0.200. The number of carbonyl (C=O) groups excluding carboxylic acids is 2. The van der Waals surface area contributed by atoms with E-state index in [0.29, 0.717) is 29.1 Å². The van der Waals surface area contributed by atoms with Crippen molar-refractivity contribution in [3.63, 3.8) is 0 Å². The van der Waals surface area contributed by atoms with E-state index >= 15 is 0 Å². The Labute approximate surface area is 198 Å². The summed E-state index contributed by atoms with van der Waals surface area (Å²) in [5, 5.41) is 5.50. The van der Waals surface area contributed by atoms with Gasteiger partial charge in [0.05, 0.1) is 4.90 Å². The number of anilines is 1. The van der Waals surface area contributed by atoms with E-state index in [1.54, 1.807) is 30.3 Å². The Kier molecular flexibility index (Phi) is 6.95. The predicted molar refractivity (Wildman–Crippen MR) is 128 cm³/mol. The second kappa shape index (κ2) is 10.1. The van der Waals surface area contributed by atoms with Gasteiger partial charge in [0, 0.05) is 43.4 Å². The van der Waals surface area contributed by atoms with Crippen molar-refractivity contribution < 1.29 is 22.7 Å². The van der Waals surface area contributed by atoms with Crippen LogP contribution in [0.25, 0.3) is 0 Å². The monoisotopic (exact) mass is 479 g/mol. The molecule has 4 rings (SSSR count). The Hall–Kier alpha value is -3.69. The summed E-state index contributed by atoms with van der Waals surface area (Å²) in [6.45, 7) is 2.21. The normalized spacial score (nSPS) is 13.8. The standard InChI is InChI=1S/C25H25N3O5S/c1-18(29)27-22-8-10-23(11-9-22)34(31,32)28-13-14-33-24-12-7-20(15-21(24)17-28)25(30)26-16-19-5-3-2-4-6-19/h2-12,15H,13-14,16-17H2,1H3,(H,26,30)(H,27,29). The Bertz CT molecular complexity index is 1290. The number of carbonyl (C=O) groups is 2. The van der Waals surface area contributed by atoms with Gasteiger partial charge in [-0.1, -0.05) is 30.3 Å². The second-order valence-electron chi connectivity index (χ2n) is 7.88. The first kappa shape index (κ1) is 23.5. The number of fused-ring (bicyclic) bond motifs is 1. The highest BCUT2D eigenvalue weighted by Crippen LogP contribution is 2.28. The molecule has 1 aliphatic heterocycles. The third kappa shape index (κ3) is 5.44. The smallest absolute Gasteiger partial charge is 0.251 e. The Balaban J connectivity index is 1.51. The quantitative estimate of drug-likeness (QED) is 0.565. The predicted octanol–water partition coefficient (Wildman–Crippen LogP) is 3.16. The van der Waals surface area contributed by atoms with Gasteiger partial charge >= 0.3 is 0 Å². The van der Waals surface area contributed by atoms with Crippen molar-refractivity contribution >= 4 is 27.5 Å². The van der Waals surface area contributed by atoms with Gasteiger partial charge in [-0.25, -0.2) is 8.42 Å². The van der Waals surface area contributed by atoms with Gasteiger partial charge in [0.25, 0.3) is 5.91 Å². The summed E-state index contributed by atoms with van der Waals surface area (Å²) in [5.74, 6) is 0.0673. The lowest BCUT2D eigenvalue weighted by molar-refractivity contribution is -0.114. The van der Waals surface area contributed by atoms with Gasteiger partial charge in [-0.2, -0.15) is 4.31 Å². The van der Waals surface area contributed by atoms with E-state index in [4.69, 9.17) is 4.74 Å². The molecule has 2 N–H and O–H groups in total. The van der Waals surface area contributed by atoms with Crippen molar-refractivity contribution in [2.24, 2.45) is 0 Å². The molecular weight excluding hydrogens is 454 g/mol. The number of hydrogen-bond donors (Lipinski definition) is 2. The van der Waals surface area contributed by atoms with Crippen molar-refractivity contribution in [1.29, 1.82) is 0 Å². The zero-order chi connectivity index (χ0) is 24.1. The van der Waals surface area contributed by atoms with Gasteiger partial charge in [-0.05, 0) is 48.0 Å². The Morgan fingerprint density at radius 3 is 2.44 bits per heavy atom. The summed E-state index contributed by atoms with van der Waals surface area (Å²) < 4.78 is 33.6. The summed E-state index contributed by atoms with van der Waals surface area (Å²) >= 11 is 0. The summed E-state index contributed by atoms with van der Waals surface area (Å²) in [6.07, 6.45) is 0. The van der Waals surface area contributed by atoms with Gasteiger partial charge in [0.1, 0.15) is 12.4 Å². The minimum absolute atomic E-state index is 0.0743. The molecule has 0 radical (unpaired) electrons. The van der Waals surface area contributed by atoms with Gasteiger partial charge < -0.3 is 15.4 Å². The van der Waals surface area contributed by atoms with Crippen molar-refractivity contribution in [3.8, 4) is 5.75 Å². The van der Waals surface area contributed by atoms with Gasteiger partial charge in [-0.3, -0.25) is 9.59 Å². The van der Waals surface area contributed by atoms with Crippen molar-refractivity contribution in [1.82, 2.24) is 9.62 Å². The molecule has 0 saturated heterocycles. The molecule has 0 spiro atoms. The third-order valence-corrected chi connectivity index (χ3v) is 7.24. The topological polar surface area (TPSA) is 105 Å². The van der Waals surface area contributed by atoms with E-state index in [2.05, 4.69) is 10.6 Å². The molecule has 9 heteroatoms. The van der Waals surface area contributed by atoms with E-state index < -0.39 is 10.0 Å². The third-order valence-electron chi connectivity index (χ3n) is 5.38. The first-order valence-corrected chi connectivity index (χ1v) is 12.2. The van der Waals surface area contributed by atoms with Crippen LogP contribution in [0.4, 0.5) is 5.69 Å². The highest BCUT2D eigenvalue weighted by molar-refractivity contribution is 7.89. The minimum Gasteiger partial charge on any atom is -0.492 e. The SMILES string of the molecule is CC(=O)Nc1ccc(S(=O)(=O)N2CCOc3ccc(C(=O)NCc4ccccc4)cc3C2)cc1. The van der Waals surface area contributed by atoms with Crippen LogP contribution in [0, 0.1) is 0 Å². The van der Waals surface area contributed by atoms with Crippen LogP contribution in [-0.2, 0) is 27.9 Å². The van der Waals surface area contributed by atoms with Crippen LogP contribution in [0.5, 0.6) is 5.75 Å². The largest absolute Gasteiger partial charge is 0.492 e. The maximum atomic E-state index is 13.3. The van der Waals surface area contributed by atoms with Crippen molar-refractivity contribution in [2.75, 3.05) is 18.5 Å². The molecule has 0 aliphatic carbocycles. The van der Waals surface area contributed by atoms with Crippen LogP contribution in [0.3, 0.4) is 0 Å². The number of ether oxygens (including phenoxy) is 1. The van der Waals surface area contributed by atoms with Crippen LogP contribution in [0.15, 0.2) is 77.7 Å². The minimum atomic E-state index is -3.81. The zero-order valence-corrected chi connectivity index (χ0v) is 19.5. The Morgan fingerprint density at radius 2 is 1.74 bits per heavy atom. The number of benzene rings is 3. The fourth-order valence-corrected chi connectivity index (χ4v) is 5.06. The van der Waals surface area contributed by atoms with Crippen molar-refractivity contribution in [3.05, 3.63) is 89.5 Å². The summed E-state index contributed by atoms with van der Waals surface area (Å²) in [4.78, 5) is 24.0. The molecule has 1 aliphatic rings. The van der Waals surface area contributed by atoms with Crippen LogP contribution in [0.2, 0.25) is 0 Å². The van der Waals surface area contributed by atoms with E-state index in [9.17, 15) is 18.0 Å². The summed E-state index contributed by atoms with van der Waals surface area (Å²) in [5.41, 5.74) is 2.54. The maximum absolute atomic E-state index is 13.3. The number of hydrogen-bond acceptors (Lipinski definition) is 5. The molecule has 2 amide bonds. The molecule has 3 aromatic carbocycles. The molecule has 176 valence electrons. The molecule has 0 fully saturated rings. The van der Waals surface area contributed by atoms with Gasteiger partial charge in [-0.15, -0.1) is 0 Å². The van der Waals surface area contributed by atoms with Crippen LogP contribution in [-0.4, -0.2) is 37.7 Å². The van der Waals surface area contributed by atoms with E-state index in [0.717, 1.165) is 5.56 Å². The number of rotatable bonds is 6. The number of nitrogens with zero attached hydrogens (tertiary/aromatic N) is 1. The maximum Gasteiger partial charge on any atom is 0.251 e. The van der Waals surface area contributed by atoms with Crippen molar-refractivity contribution in [2.45, 2.75) is 24.9 Å². The van der Waals surface area contributed by atoms with E-state index in [1.165, 1.54) is 23.4 Å². The lowest BCUT2D eigenvalue weighted by Gasteiger charge is -2.20. The Morgan fingerprint density at radius 1 is 1.00 bits per heavy atom. The number of amides is 2. The summed E-state index contributed by atoms with van der Waals surface area (Å²) in [6, 6.07) is 20.6. The lowest BCUT2D eigenvalue weighted by Crippen LogP contribution is -2.32. The van der Waals surface area contributed by atoms with Crippen LogP contribution in [0.1, 0.15) is 28.4 Å². The first-order chi connectivity index (χ1) is 16.3. The van der Waals surface area contributed by atoms with Gasteiger partial charge in [0.2, 0.25) is 15.9 Å². The highest BCUT2D eigenvalue weighted by Gasteiger charge is 2.28. The van der Waals surface area contributed by atoms with Crippen LogP contribution >= 0.6 is 0 Å². The lowest BCUT2D eigenvalue weighted by atomic mass is 10.1. The molecule has 0 bridgehead atoms. The average Bonchev–Trinajstić information content (AvgIpc) is 3.06. The zero-order valence-electron chi connectivity index (χ0n) is 18.7. The molecule has 0 saturated carbocycles. The highest BCUT2D eigenvalue weighted by atomic mass is 32.2. The molecule has 0 aromatic heterocycles. The average molecular weight is 480 g/mol. The van der Waals surface area contributed by atoms with Gasteiger partial charge in [0.15, 0.2) is 0 Å².